The van der Waals surface area contributed by atoms with E-state index in [9.17, 15) is 5.11 Å². The molecule has 3 nitrogen and oxygen atoms in total. The average molecular weight is 255 g/mol. The Bertz CT molecular complexity index is 259. The van der Waals surface area contributed by atoms with E-state index < -0.39 is 0 Å². The Morgan fingerprint density at radius 3 is 2.78 bits per heavy atom. The first-order chi connectivity index (χ1) is 8.60. The molecule has 2 aliphatic rings. The molecule has 106 valence electrons. The third-order valence-electron chi connectivity index (χ3n) is 4.73. The average Bonchev–Trinajstić information content (AvgIpc) is 2.34. The largest absolute Gasteiger partial charge is 0.393 e. The van der Waals surface area contributed by atoms with Crippen LogP contribution in [0.25, 0.3) is 0 Å². The summed E-state index contributed by atoms with van der Waals surface area (Å²) in [4.78, 5) is 2.56. The van der Waals surface area contributed by atoms with Crippen LogP contribution < -0.4 is 0 Å². The highest BCUT2D eigenvalue weighted by atomic mass is 16.5. The molecule has 3 heteroatoms. The lowest BCUT2D eigenvalue weighted by atomic mass is 9.80. The van der Waals surface area contributed by atoms with Gasteiger partial charge in [0.1, 0.15) is 0 Å². The van der Waals surface area contributed by atoms with E-state index in [2.05, 4.69) is 25.7 Å². The number of nitrogens with zero attached hydrogens (tertiary/aromatic N) is 1. The molecular formula is C15H29NO2. The van der Waals surface area contributed by atoms with Crippen LogP contribution >= 0.6 is 0 Å². The quantitative estimate of drug-likeness (QED) is 0.840. The van der Waals surface area contributed by atoms with E-state index in [-0.39, 0.29) is 6.10 Å². The SMILES string of the molecule is CCC1COC(C)CN1CC1CC(C)CCC1O. The van der Waals surface area contributed by atoms with Crippen molar-refractivity contribution in [3.8, 4) is 0 Å². The number of aliphatic hydroxyl groups is 1. The summed E-state index contributed by atoms with van der Waals surface area (Å²) in [6.07, 6.45) is 4.76. The molecule has 1 aliphatic carbocycles. The van der Waals surface area contributed by atoms with Crippen LogP contribution in [-0.2, 0) is 4.74 Å². The molecule has 5 atom stereocenters. The maximum Gasteiger partial charge on any atom is 0.0674 e. The van der Waals surface area contributed by atoms with Crippen molar-refractivity contribution in [3.05, 3.63) is 0 Å². The van der Waals surface area contributed by atoms with Gasteiger partial charge in [0.25, 0.3) is 0 Å². The Morgan fingerprint density at radius 2 is 2.06 bits per heavy atom. The summed E-state index contributed by atoms with van der Waals surface area (Å²) < 4.78 is 5.74. The first-order valence-corrected chi connectivity index (χ1v) is 7.63. The monoisotopic (exact) mass is 255 g/mol. The van der Waals surface area contributed by atoms with Crippen molar-refractivity contribution in [2.45, 2.75) is 64.7 Å². The number of hydrogen-bond acceptors (Lipinski definition) is 3. The molecule has 2 rings (SSSR count). The molecule has 0 spiro atoms. The molecule has 18 heavy (non-hydrogen) atoms. The van der Waals surface area contributed by atoms with Crippen LogP contribution in [0, 0.1) is 11.8 Å². The first kappa shape index (κ1) is 14.3. The molecule has 0 radical (unpaired) electrons. The number of rotatable bonds is 3. The van der Waals surface area contributed by atoms with Gasteiger partial charge in [-0.25, -0.2) is 0 Å². The highest BCUT2D eigenvalue weighted by Crippen LogP contribution is 2.30. The van der Waals surface area contributed by atoms with Gasteiger partial charge in [-0.2, -0.15) is 0 Å². The predicted molar refractivity (Wildman–Crippen MR) is 73.6 cm³/mol. The molecule has 1 aliphatic heterocycles. The van der Waals surface area contributed by atoms with Gasteiger partial charge >= 0.3 is 0 Å². The molecule has 0 aromatic carbocycles. The lowest BCUT2D eigenvalue weighted by molar-refractivity contribution is -0.0729. The van der Waals surface area contributed by atoms with E-state index >= 15 is 0 Å². The molecule has 0 aromatic rings. The molecular weight excluding hydrogens is 226 g/mol. The van der Waals surface area contributed by atoms with Crippen molar-refractivity contribution in [1.82, 2.24) is 4.90 Å². The van der Waals surface area contributed by atoms with Crippen LogP contribution in [0.5, 0.6) is 0 Å². The lowest BCUT2D eigenvalue weighted by Gasteiger charge is -2.42. The minimum Gasteiger partial charge on any atom is -0.393 e. The standard InChI is InChI=1S/C15H29NO2/c1-4-14-10-18-12(3)8-16(14)9-13-7-11(2)5-6-15(13)17/h11-15,17H,4-10H2,1-3H3. The van der Waals surface area contributed by atoms with E-state index in [1.807, 2.05) is 0 Å². The zero-order chi connectivity index (χ0) is 13.1. The van der Waals surface area contributed by atoms with Crippen molar-refractivity contribution in [1.29, 1.82) is 0 Å². The summed E-state index contributed by atoms with van der Waals surface area (Å²) in [5, 5.41) is 10.2. The molecule has 0 aromatic heterocycles. The lowest BCUT2D eigenvalue weighted by Crippen LogP contribution is -2.51. The highest BCUT2D eigenvalue weighted by molar-refractivity contribution is 4.85. The third kappa shape index (κ3) is 3.46. The van der Waals surface area contributed by atoms with E-state index in [1.54, 1.807) is 0 Å². The second kappa shape index (κ2) is 6.36. The van der Waals surface area contributed by atoms with E-state index in [4.69, 9.17) is 4.74 Å². The Morgan fingerprint density at radius 1 is 1.28 bits per heavy atom. The number of ether oxygens (including phenoxy) is 1. The summed E-state index contributed by atoms with van der Waals surface area (Å²) in [6, 6.07) is 0.547. The number of aliphatic hydroxyl groups excluding tert-OH is 1. The minimum atomic E-state index is -0.0862. The van der Waals surface area contributed by atoms with Crippen molar-refractivity contribution < 1.29 is 9.84 Å². The molecule has 2 fully saturated rings. The minimum absolute atomic E-state index is 0.0862. The normalized spacial score (nSPS) is 43.0. The Kier molecular flexibility index (Phi) is 5.05. The van der Waals surface area contributed by atoms with E-state index in [1.165, 1.54) is 12.8 Å². The Balaban J connectivity index is 1.92. The molecule has 1 N–H and O–H groups in total. The van der Waals surface area contributed by atoms with Gasteiger partial charge in [0, 0.05) is 19.1 Å². The molecule has 1 heterocycles. The van der Waals surface area contributed by atoms with Crippen molar-refractivity contribution in [2.24, 2.45) is 11.8 Å². The summed E-state index contributed by atoms with van der Waals surface area (Å²) in [5.41, 5.74) is 0. The van der Waals surface area contributed by atoms with Gasteiger partial charge < -0.3 is 9.84 Å². The van der Waals surface area contributed by atoms with Gasteiger partial charge in [-0.05, 0) is 44.4 Å². The zero-order valence-electron chi connectivity index (χ0n) is 12.1. The highest BCUT2D eigenvalue weighted by Gasteiger charge is 2.32. The van der Waals surface area contributed by atoms with Gasteiger partial charge in [-0.3, -0.25) is 4.90 Å². The first-order valence-electron chi connectivity index (χ1n) is 7.63. The van der Waals surface area contributed by atoms with Crippen LogP contribution in [0.15, 0.2) is 0 Å². The fourth-order valence-corrected chi connectivity index (χ4v) is 3.49. The smallest absolute Gasteiger partial charge is 0.0674 e. The Labute approximate surface area is 112 Å². The van der Waals surface area contributed by atoms with Crippen LogP contribution in [-0.4, -0.2) is 48.0 Å². The fourth-order valence-electron chi connectivity index (χ4n) is 3.49. The second-order valence-corrected chi connectivity index (χ2v) is 6.41. The summed E-state index contributed by atoms with van der Waals surface area (Å²) >= 11 is 0. The topological polar surface area (TPSA) is 32.7 Å². The van der Waals surface area contributed by atoms with Crippen LogP contribution in [0.2, 0.25) is 0 Å². The van der Waals surface area contributed by atoms with Crippen molar-refractivity contribution in [3.63, 3.8) is 0 Å². The van der Waals surface area contributed by atoms with Gasteiger partial charge in [-0.15, -0.1) is 0 Å². The molecule has 0 amide bonds. The molecule has 0 bridgehead atoms. The third-order valence-corrected chi connectivity index (χ3v) is 4.73. The van der Waals surface area contributed by atoms with Crippen molar-refractivity contribution in [2.75, 3.05) is 19.7 Å². The van der Waals surface area contributed by atoms with Crippen LogP contribution in [0.4, 0.5) is 0 Å². The maximum atomic E-state index is 10.2. The maximum absolute atomic E-state index is 10.2. The zero-order valence-corrected chi connectivity index (χ0v) is 12.1. The van der Waals surface area contributed by atoms with Gasteiger partial charge in [0.15, 0.2) is 0 Å². The van der Waals surface area contributed by atoms with Gasteiger partial charge in [0.2, 0.25) is 0 Å². The summed E-state index contributed by atoms with van der Waals surface area (Å²) in [5.74, 6) is 1.24. The predicted octanol–water partition coefficient (Wildman–Crippen LogP) is 2.28. The fraction of sp³-hybridized carbons (Fsp3) is 1.00. The van der Waals surface area contributed by atoms with Crippen LogP contribution in [0.3, 0.4) is 0 Å². The van der Waals surface area contributed by atoms with Gasteiger partial charge in [-0.1, -0.05) is 13.8 Å². The van der Waals surface area contributed by atoms with E-state index in [0.29, 0.717) is 18.1 Å². The summed E-state index contributed by atoms with van der Waals surface area (Å²) in [6.45, 7) is 9.64. The molecule has 5 unspecified atom stereocenters. The van der Waals surface area contributed by atoms with Gasteiger partial charge in [0.05, 0.1) is 18.8 Å². The van der Waals surface area contributed by atoms with E-state index in [0.717, 1.165) is 38.5 Å². The number of hydrogen-bond donors (Lipinski definition) is 1. The number of morpholine rings is 1. The van der Waals surface area contributed by atoms with Crippen LogP contribution in [0.1, 0.15) is 46.5 Å². The Hall–Kier alpha value is -0.120. The molecule has 1 saturated heterocycles. The summed E-state index contributed by atoms with van der Waals surface area (Å²) in [7, 11) is 0. The van der Waals surface area contributed by atoms with Crippen molar-refractivity contribution >= 4 is 0 Å². The molecule has 1 saturated carbocycles. The second-order valence-electron chi connectivity index (χ2n) is 6.41.